The Labute approximate surface area is 110 Å². The van der Waals surface area contributed by atoms with Crippen molar-refractivity contribution in [1.82, 2.24) is 10.2 Å². The minimum atomic E-state index is -0.396. The lowest BCUT2D eigenvalue weighted by atomic mass is 9.98. The minimum Gasteiger partial charge on any atom is -0.387 e. The summed E-state index contributed by atoms with van der Waals surface area (Å²) in [5.41, 5.74) is 0.991. The van der Waals surface area contributed by atoms with Crippen LogP contribution < -0.4 is 5.32 Å². The Kier molecular flexibility index (Phi) is 5.17. The number of hydrogen-bond acceptors (Lipinski definition) is 3. The Hall–Kier alpha value is -0.900. The fraction of sp³-hybridized carbons (Fsp3) is 0.600. The molecule has 1 saturated heterocycles. The van der Waals surface area contributed by atoms with Gasteiger partial charge in [-0.3, -0.25) is 0 Å². The zero-order chi connectivity index (χ0) is 12.8. The van der Waals surface area contributed by atoms with Crippen molar-refractivity contribution in [3.8, 4) is 0 Å². The van der Waals surface area contributed by atoms with E-state index in [1.54, 1.807) is 0 Å². The van der Waals surface area contributed by atoms with Crippen molar-refractivity contribution in [2.75, 3.05) is 33.2 Å². The summed E-state index contributed by atoms with van der Waals surface area (Å²) in [6, 6.07) is 9.85. The number of aliphatic hydroxyl groups is 1. The number of piperidine rings is 1. The topological polar surface area (TPSA) is 35.5 Å². The quantitative estimate of drug-likeness (QED) is 0.832. The molecule has 0 radical (unpaired) electrons. The van der Waals surface area contributed by atoms with Gasteiger partial charge in [-0.2, -0.15) is 0 Å². The van der Waals surface area contributed by atoms with E-state index in [-0.39, 0.29) is 0 Å². The van der Waals surface area contributed by atoms with Crippen LogP contribution in [-0.2, 0) is 0 Å². The van der Waals surface area contributed by atoms with Crippen LogP contribution in [0.1, 0.15) is 24.5 Å². The summed E-state index contributed by atoms with van der Waals surface area (Å²) in [5, 5.41) is 13.4. The molecule has 0 spiro atoms. The van der Waals surface area contributed by atoms with Gasteiger partial charge in [-0.05, 0) is 44.5 Å². The van der Waals surface area contributed by atoms with Crippen molar-refractivity contribution in [2.24, 2.45) is 5.92 Å². The number of aliphatic hydroxyl groups excluding tert-OH is 1. The van der Waals surface area contributed by atoms with Gasteiger partial charge in [0, 0.05) is 13.1 Å². The molecule has 1 heterocycles. The van der Waals surface area contributed by atoms with Crippen LogP contribution in [0.2, 0.25) is 0 Å². The molecule has 0 aromatic heterocycles. The first-order valence-electron chi connectivity index (χ1n) is 6.88. The van der Waals surface area contributed by atoms with E-state index in [9.17, 15) is 5.11 Å². The summed E-state index contributed by atoms with van der Waals surface area (Å²) in [6.45, 7) is 4.05. The molecule has 2 N–H and O–H groups in total. The van der Waals surface area contributed by atoms with Gasteiger partial charge in [0.15, 0.2) is 0 Å². The molecule has 100 valence electrons. The molecule has 18 heavy (non-hydrogen) atoms. The average Bonchev–Trinajstić information content (AvgIpc) is 2.40. The van der Waals surface area contributed by atoms with Gasteiger partial charge in [0.2, 0.25) is 0 Å². The van der Waals surface area contributed by atoms with Crippen LogP contribution in [0.25, 0.3) is 0 Å². The van der Waals surface area contributed by atoms with Crippen LogP contribution in [0.15, 0.2) is 30.3 Å². The highest BCUT2D eigenvalue weighted by Gasteiger charge is 2.17. The van der Waals surface area contributed by atoms with Gasteiger partial charge >= 0.3 is 0 Å². The standard InChI is InChI=1S/C15H24N2O/c1-17-9-5-6-13(12-17)10-16-11-15(18)14-7-3-2-4-8-14/h2-4,7-8,13,15-16,18H,5-6,9-12H2,1H3. The largest absolute Gasteiger partial charge is 0.387 e. The van der Waals surface area contributed by atoms with Gasteiger partial charge < -0.3 is 15.3 Å². The van der Waals surface area contributed by atoms with Crippen molar-refractivity contribution in [2.45, 2.75) is 18.9 Å². The van der Waals surface area contributed by atoms with Crippen molar-refractivity contribution in [1.29, 1.82) is 0 Å². The third-order valence-electron chi connectivity index (χ3n) is 3.68. The van der Waals surface area contributed by atoms with E-state index in [1.807, 2.05) is 30.3 Å². The van der Waals surface area contributed by atoms with Crippen molar-refractivity contribution < 1.29 is 5.11 Å². The van der Waals surface area contributed by atoms with Crippen LogP contribution in [0.4, 0.5) is 0 Å². The lowest BCUT2D eigenvalue weighted by Crippen LogP contribution is -2.38. The van der Waals surface area contributed by atoms with Gasteiger partial charge in [-0.25, -0.2) is 0 Å². The number of nitrogens with zero attached hydrogens (tertiary/aromatic N) is 1. The molecule has 1 aliphatic heterocycles. The Balaban J connectivity index is 1.69. The lowest BCUT2D eigenvalue weighted by Gasteiger charge is -2.30. The van der Waals surface area contributed by atoms with Gasteiger partial charge in [0.1, 0.15) is 0 Å². The number of nitrogens with one attached hydrogen (secondary N) is 1. The van der Waals surface area contributed by atoms with E-state index in [2.05, 4.69) is 17.3 Å². The summed E-state index contributed by atoms with van der Waals surface area (Å²) in [7, 11) is 2.19. The van der Waals surface area contributed by atoms with Crippen LogP contribution in [0, 0.1) is 5.92 Å². The molecule has 3 nitrogen and oxygen atoms in total. The first-order valence-corrected chi connectivity index (χ1v) is 6.88. The van der Waals surface area contributed by atoms with Crippen LogP contribution in [0.5, 0.6) is 0 Å². The molecule has 0 amide bonds. The number of rotatable bonds is 5. The molecule has 1 fully saturated rings. The van der Waals surface area contributed by atoms with E-state index < -0.39 is 6.10 Å². The van der Waals surface area contributed by atoms with E-state index in [4.69, 9.17) is 0 Å². The zero-order valence-electron chi connectivity index (χ0n) is 11.2. The Morgan fingerprint density at radius 3 is 2.89 bits per heavy atom. The maximum atomic E-state index is 10.0. The summed E-state index contributed by atoms with van der Waals surface area (Å²) in [6.07, 6.45) is 2.20. The Morgan fingerprint density at radius 1 is 1.39 bits per heavy atom. The van der Waals surface area contributed by atoms with Crippen LogP contribution in [-0.4, -0.2) is 43.2 Å². The SMILES string of the molecule is CN1CCCC(CNCC(O)c2ccccc2)C1. The summed E-state index contributed by atoms with van der Waals surface area (Å²) in [4.78, 5) is 2.39. The first kappa shape index (κ1) is 13.5. The van der Waals surface area contributed by atoms with Crippen molar-refractivity contribution in [3.05, 3.63) is 35.9 Å². The maximum Gasteiger partial charge on any atom is 0.0914 e. The average molecular weight is 248 g/mol. The van der Waals surface area contributed by atoms with Crippen LogP contribution in [0.3, 0.4) is 0 Å². The molecule has 2 rings (SSSR count). The van der Waals surface area contributed by atoms with E-state index >= 15 is 0 Å². The van der Waals surface area contributed by atoms with E-state index in [1.165, 1.54) is 25.9 Å². The van der Waals surface area contributed by atoms with E-state index in [0.717, 1.165) is 18.0 Å². The lowest BCUT2D eigenvalue weighted by molar-refractivity contribution is 0.163. The Bertz CT molecular complexity index is 342. The molecule has 1 aromatic carbocycles. The molecule has 0 bridgehead atoms. The first-order chi connectivity index (χ1) is 8.75. The highest BCUT2D eigenvalue weighted by Crippen LogP contribution is 2.15. The smallest absolute Gasteiger partial charge is 0.0914 e. The second-order valence-electron chi connectivity index (χ2n) is 5.36. The normalized spacial score (nSPS) is 22.9. The predicted molar refractivity (Wildman–Crippen MR) is 74.5 cm³/mol. The number of hydrogen-bond donors (Lipinski definition) is 2. The predicted octanol–water partition coefficient (Wildman–Crippen LogP) is 1.65. The summed E-state index contributed by atoms with van der Waals surface area (Å²) >= 11 is 0. The fourth-order valence-electron chi connectivity index (χ4n) is 2.66. The van der Waals surface area contributed by atoms with Gasteiger partial charge in [-0.15, -0.1) is 0 Å². The van der Waals surface area contributed by atoms with Crippen LogP contribution >= 0.6 is 0 Å². The molecule has 3 heteroatoms. The summed E-state index contributed by atoms with van der Waals surface area (Å²) < 4.78 is 0. The minimum absolute atomic E-state index is 0.396. The highest BCUT2D eigenvalue weighted by atomic mass is 16.3. The number of benzene rings is 1. The molecule has 2 unspecified atom stereocenters. The second-order valence-corrected chi connectivity index (χ2v) is 5.36. The maximum absolute atomic E-state index is 10.0. The third-order valence-corrected chi connectivity index (χ3v) is 3.68. The zero-order valence-corrected chi connectivity index (χ0v) is 11.2. The molecule has 0 aliphatic carbocycles. The second kappa shape index (κ2) is 6.88. The molecular formula is C15H24N2O. The molecule has 1 aliphatic rings. The molecule has 2 atom stereocenters. The van der Waals surface area contributed by atoms with Crippen molar-refractivity contribution >= 4 is 0 Å². The third kappa shape index (κ3) is 4.09. The highest BCUT2D eigenvalue weighted by molar-refractivity contribution is 5.17. The van der Waals surface area contributed by atoms with Gasteiger partial charge in [0.05, 0.1) is 6.10 Å². The number of likely N-dealkylation sites (tertiary alicyclic amines) is 1. The molecule has 0 saturated carbocycles. The molecule has 1 aromatic rings. The molecular weight excluding hydrogens is 224 g/mol. The van der Waals surface area contributed by atoms with Crippen molar-refractivity contribution in [3.63, 3.8) is 0 Å². The van der Waals surface area contributed by atoms with Gasteiger partial charge in [0.25, 0.3) is 0 Å². The Morgan fingerprint density at radius 2 is 2.17 bits per heavy atom. The van der Waals surface area contributed by atoms with E-state index in [0.29, 0.717) is 6.54 Å². The van der Waals surface area contributed by atoms with Gasteiger partial charge in [-0.1, -0.05) is 30.3 Å². The summed E-state index contributed by atoms with van der Waals surface area (Å²) in [5.74, 6) is 0.728. The monoisotopic (exact) mass is 248 g/mol. The fourth-order valence-corrected chi connectivity index (χ4v) is 2.66.